The number of aliphatic hydroxyl groups is 2. The number of hydrogen-bond donors (Lipinski definition) is 2. The Labute approximate surface area is 197 Å². The Morgan fingerprint density at radius 1 is 0.710 bits per heavy atom. The van der Waals surface area contributed by atoms with Gasteiger partial charge in [-0.1, -0.05) is 59.8 Å². The summed E-state index contributed by atoms with van der Waals surface area (Å²) in [5, 5.41) is 19.5. The standard InChI is InChI=1S/C15H23BO3.C9H11BrO.CH4/c1-13(2,17)11-7-9-12(10-8-11)16-18-14(3,4)15(5,6)19-16;1-9(2,11)7-3-5-8(10)6-4-7;/h7-10,17H,1-6H3;3-6,11H,1-2H3;1H4. The third-order valence-electron chi connectivity index (χ3n) is 5.69. The molecule has 1 fully saturated rings. The number of rotatable bonds is 3. The van der Waals surface area contributed by atoms with Crippen molar-refractivity contribution in [2.24, 2.45) is 0 Å². The highest BCUT2D eigenvalue weighted by molar-refractivity contribution is 9.10. The third kappa shape index (κ3) is 7.16. The predicted molar refractivity (Wildman–Crippen MR) is 134 cm³/mol. The Bertz CT molecular complexity index is 816. The van der Waals surface area contributed by atoms with E-state index < -0.39 is 11.2 Å². The van der Waals surface area contributed by atoms with Crippen LogP contribution in [0.1, 0.15) is 73.9 Å². The average molecular weight is 493 g/mol. The molecule has 172 valence electrons. The first-order valence-electron chi connectivity index (χ1n) is 10.2. The predicted octanol–water partition coefficient (Wildman–Crippen LogP) is 5.53. The van der Waals surface area contributed by atoms with Crippen LogP contribution < -0.4 is 5.46 Å². The van der Waals surface area contributed by atoms with Crippen LogP contribution in [0.15, 0.2) is 53.0 Å². The fraction of sp³-hybridized carbons (Fsp3) is 0.520. The van der Waals surface area contributed by atoms with Gasteiger partial charge in [0.1, 0.15) is 0 Å². The van der Waals surface area contributed by atoms with Crippen LogP contribution in [-0.2, 0) is 20.5 Å². The maximum Gasteiger partial charge on any atom is 0.494 e. The van der Waals surface area contributed by atoms with E-state index in [4.69, 9.17) is 9.31 Å². The highest BCUT2D eigenvalue weighted by Gasteiger charge is 2.51. The van der Waals surface area contributed by atoms with Gasteiger partial charge in [0.2, 0.25) is 0 Å². The molecule has 0 saturated carbocycles. The first kappa shape index (κ1) is 27.9. The molecule has 0 aliphatic carbocycles. The normalized spacial score (nSPS) is 17.5. The SMILES string of the molecule is C.CC(C)(O)c1ccc(B2OC(C)(C)C(C)(C)O2)cc1.CC(C)(O)c1ccc(Br)cc1. The van der Waals surface area contributed by atoms with Crippen LogP contribution in [0.4, 0.5) is 0 Å². The van der Waals surface area contributed by atoms with Gasteiger partial charge in [0, 0.05) is 4.47 Å². The van der Waals surface area contributed by atoms with Gasteiger partial charge >= 0.3 is 7.12 Å². The van der Waals surface area contributed by atoms with E-state index in [-0.39, 0.29) is 25.7 Å². The minimum absolute atomic E-state index is 0. The van der Waals surface area contributed by atoms with Crippen molar-refractivity contribution in [2.75, 3.05) is 0 Å². The Kier molecular flexibility index (Phi) is 8.77. The summed E-state index contributed by atoms with van der Waals surface area (Å²) in [6, 6.07) is 15.4. The molecule has 1 aliphatic heterocycles. The highest BCUT2D eigenvalue weighted by Crippen LogP contribution is 2.36. The Balaban J connectivity index is 0.000000344. The Morgan fingerprint density at radius 3 is 1.35 bits per heavy atom. The summed E-state index contributed by atoms with van der Waals surface area (Å²) in [7, 11) is -0.346. The van der Waals surface area contributed by atoms with Gasteiger partial charge < -0.3 is 19.5 Å². The Hall–Kier alpha value is -1.18. The van der Waals surface area contributed by atoms with E-state index in [1.807, 2.05) is 76.2 Å². The van der Waals surface area contributed by atoms with E-state index in [0.29, 0.717) is 0 Å². The first-order chi connectivity index (χ1) is 13.5. The molecule has 1 aliphatic rings. The van der Waals surface area contributed by atoms with E-state index in [1.54, 1.807) is 27.7 Å². The largest absolute Gasteiger partial charge is 0.494 e. The highest BCUT2D eigenvalue weighted by atomic mass is 79.9. The van der Waals surface area contributed by atoms with E-state index in [1.165, 1.54) is 0 Å². The second kappa shape index (κ2) is 9.76. The molecule has 6 heteroatoms. The van der Waals surface area contributed by atoms with E-state index in [2.05, 4.69) is 15.9 Å². The molecule has 1 saturated heterocycles. The van der Waals surface area contributed by atoms with Gasteiger partial charge in [-0.2, -0.15) is 0 Å². The minimum atomic E-state index is -0.825. The molecule has 0 amide bonds. The van der Waals surface area contributed by atoms with E-state index in [0.717, 1.165) is 21.1 Å². The van der Waals surface area contributed by atoms with Crippen molar-refractivity contribution in [1.82, 2.24) is 0 Å². The van der Waals surface area contributed by atoms with Gasteiger partial charge in [-0.3, -0.25) is 0 Å². The zero-order valence-electron chi connectivity index (χ0n) is 19.3. The van der Waals surface area contributed by atoms with Crippen LogP contribution in [0, 0.1) is 0 Å². The lowest BCUT2D eigenvalue weighted by Gasteiger charge is -2.32. The molecule has 0 atom stereocenters. The second-order valence-electron chi connectivity index (χ2n) is 9.84. The molecule has 0 spiro atoms. The summed E-state index contributed by atoms with van der Waals surface area (Å²) >= 11 is 3.33. The maximum absolute atomic E-state index is 9.95. The van der Waals surface area contributed by atoms with Gasteiger partial charge in [-0.25, -0.2) is 0 Å². The summed E-state index contributed by atoms with van der Waals surface area (Å²) in [5.41, 5.74) is 0.578. The summed E-state index contributed by atoms with van der Waals surface area (Å²) in [4.78, 5) is 0. The number of benzene rings is 2. The molecule has 31 heavy (non-hydrogen) atoms. The summed E-state index contributed by atoms with van der Waals surface area (Å²) < 4.78 is 13.0. The smallest absolute Gasteiger partial charge is 0.399 e. The summed E-state index contributed by atoms with van der Waals surface area (Å²) in [5.74, 6) is 0. The van der Waals surface area contributed by atoms with Crippen molar-refractivity contribution < 1.29 is 19.5 Å². The number of halogens is 1. The fourth-order valence-electron chi connectivity index (χ4n) is 2.89. The number of hydrogen-bond acceptors (Lipinski definition) is 4. The first-order valence-corrected chi connectivity index (χ1v) is 11.0. The van der Waals surface area contributed by atoms with Gasteiger partial charge in [0.05, 0.1) is 22.4 Å². The fourth-order valence-corrected chi connectivity index (χ4v) is 3.15. The second-order valence-corrected chi connectivity index (χ2v) is 10.8. The lowest BCUT2D eigenvalue weighted by atomic mass is 9.78. The lowest BCUT2D eigenvalue weighted by Crippen LogP contribution is -2.41. The molecule has 4 nitrogen and oxygen atoms in total. The van der Waals surface area contributed by atoms with Crippen molar-refractivity contribution in [2.45, 2.75) is 85.2 Å². The molecular formula is C25H38BBrO4. The molecule has 0 unspecified atom stereocenters. The molecular weight excluding hydrogens is 455 g/mol. The van der Waals surface area contributed by atoms with E-state index >= 15 is 0 Å². The van der Waals surface area contributed by atoms with Crippen LogP contribution >= 0.6 is 15.9 Å². The average Bonchev–Trinajstić information content (AvgIpc) is 2.82. The lowest BCUT2D eigenvalue weighted by molar-refractivity contribution is 0.00578. The molecule has 2 aromatic carbocycles. The third-order valence-corrected chi connectivity index (χ3v) is 6.22. The molecule has 0 radical (unpaired) electrons. The van der Waals surface area contributed by atoms with Crippen LogP contribution in [0.2, 0.25) is 0 Å². The van der Waals surface area contributed by atoms with Gasteiger partial charge in [0.25, 0.3) is 0 Å². The molecule has 3 rings (SSSR count). The quantitative estimate of drug-likeness (QED) is 0.553. The van der Waals surface area contributed by atoms with Crippen LogP contribution in [0.3, 0.4) is 0 Å². The monoisotopic (exact) mass is 492 g/mol. The van der Waals surface area contributed by atoms with Gasteiger partial charge in [0.15, 0.2) is 0 Å². The Morgan fingerprint density at radius 2 is 1.03 bits per heavy atom. The molecule has 2 N–H and O–H groups in total. The van der Waals surface area contributed by atoms with Crippen molar-refractivity contribution in [3.8, 4) is 0 Å². The van der Waals surface area contributed by atoms with E-state index in [9.17, 15) is 10.2 Å². The zero-order valence-corrected chi connectivity index (χ0v) is 20.9. The summed E-state index contributed by atoms with van der Waals surface area (Å²) in [6.45, 7) is 15.3. The van der Waals surface area contributed by atoms with Crippen LogP contribution in [0.5, 0.6) is 0 Å². The molecule has 0 aromatic heterocycles. The van der Waals surface area contributed by atoms with Gasteiger partial charge in [-0.15, -0.1) is 0 Å². The summed E-state index contributed by atoms with van der Waals surface area (Å²) in [6.07, 6.45) is 0. The maximum atomic E-state index is 9.95. The van der Waals surface area contributed by atoms with Gasteiger partial charge in [-0.05, 0) is 84.1 Å². The van der Waals surface area contributed by atoms with Crippen molar-refractivity contribution in [3.63, 3.8) is 0 Å². The topological polar surface area (TPSA) is 58.9 Å². The van der Waals surface area contributed by atoms with Crippen molar-refractivity contribution >= 4 is 28.5 Å². The van der Waals surface area contributed by atoms with Crippen molar-refractivity contribution in [3.05, 3.63) is 64.1 Å². The molecule has 2 aromatic rings. The van der Waals surface area contributed by atoms with Crippen molar-refractivity contribution in [1.29, 1.82) is 0 Å². The molecule has 1 heterocycles. The van der Waals surface area contributed by atoms with Crippen LogP contribution in [0.25, 0.3) is 0 Å². The zero-order chi connectivity index (χ0) is 23.0. The molecule has 0 bridgehead atoms. The minimum Gasteiger partial charge on any atom is -0.399 e. The van der Waals surface area contributed by atoms with Crippen LogP contribution in [-0.4, -0.2) is 28.5 Å².